The molecule has 3 N–H and O–H groups in total. The molecule has 1 heterocycles. The summed E-state index contributed by atoms with van der Waals surface area (Å²) >= 11 is 0. The standard InChI is InChI=1S/C10H15N3O2/c1-2-11-5-6-13-10(15)8-3-4-12-7-9(8)14/h3-4,7,11,14H,2,5-6H2,1H3,(H,13,15). The molecule has 0 atom stereocenters. The van der Waals surface area contributed by atoms with Crippen LogP contribution in [0.1, 0.15) is 17.3 Å². The highest BCUT2D eigenvalue weighted by Crippen LogP contribution is 2.12. The van der Waals surface area contributed by atoms with Crippen molar-refractivity contribution in [3.8, 4) is 5.75 Å². The van der Waals surface area contributed by atoms with Crippen LogP contribution in [0.25, 0.3) is 0 Å². The zero-order valence-corrected chi connectivity index (χ0v) is 8.66. The highest BCUT2D eigenvalue weighted by molar-refractivity contribution is 5.96. The number of hydrogen-bond donors (Lipinski definition) is 3. The van der Waals surface area contributed by atoms with Gasteiger partial charge in [-0.15, -0.1) is 0 Å². The lowest BCUT2D eigenvalue weighted by molar-refractivity contribution is 0.0951. The molecular formula is C10H15N3O2. The largest absolute Gasteiger partial charge is 0.505 e. The van der Waals surface area contributed by atoms with E-state index >= 15 is 0 Å². The van der Waals surface area contributed by atoms with Gasteiger partial charge in [0, 0.05) is 19.3 Å². The van der Waals surface area contributed by atoms with Crippen LogP contribution in [0, 0.1) is 0 Å². The van der Waals surface area contributed by atoms with Crippen LogP contribution in [0.5, 0.6) is 5.75 Å². The smallest absolute Gasteiger partial charge is 0.255 e. The third-order valence-corrected chi connectivity index (χ3v) is 1.88. The van der Waals surface area contributed by atoms with Crippen molar-refractivity contribution in [2.75, 3.05) is 19.6 Å². The molecule has 1 aromatic rings. The van der Waals surface area contributed by atoms with Crippen molar-refractivity contribution < 1.29 is 9.90 Å². The molecule has 15 heavy (non-hydrogen) atoms. The van der Waals surface area contributed by atoms with Gasteiger partial charge in [0.15, 0.2) is 0 Å². The summed E-state index contributed by atoms with van der Waals surface area (Å²) < 4.78 is 0. The van der Waals surface area contributed by atoms with E-state index in [-0.39, 0.29) is 17.2 Å². The number of nitrogens with zero attached hydrogens (tertiary/aromatic N) is 1. The van der Waals surface area contributed by atoms with Crippen LogP contribution in [-0.4, -0.2) is 35.6 Å². The van der Waals surface area contributed by atoms with E-state index in [4.69, 9.17) is 0 Å². The molecule has 0 saturated carbocycles. The van der Waals surface area contributed by atoms with Gasteiger partial charge in [-0.3, -0.25) is 9.78 Å². The molecule has 0 radical (unpaired) electrons. The number of aromatic hydroxyl groups is 1. The number of likely N-dealkylation sites (N-methyl/N-ethyl adjacent to an activating group) is 1. The molecule has 5 heteroatoms. The Morgan fingerprint density at radius 2 is 2.33 bits per heavy atom. The molecule has 0 aliphatic carbocycles. The van der Waals surface area contributed by atoms with Gasteiger partial charge in [0.25, 0.3) is 5.91 Å². The van der Waals surface area contributed by atoms with Crippen molar-refractivity contribution in [3.05, 3.63) is 24.0 Å². The fourth-order valence-electron chi connectivity index (χ4n) is 1.11. The van der Waals surface area contributed by atoms with Crippen LogP contribution in [-0.2, 0) is 0 Å². The lowest BCUT2D eigenvalue weighted by atomic mass is 10.2. The van der Waals surface area contributed by atoms with Crippen LogP contribution in [0.2, 0.25) is 0 Å². The van der Waals surface area contributed by atoms with Crippen LogP contribution < -0.4 is 10.6 Å². The van der Waals surface area contributed by atoms with Gasteiger partial charge in [-0.25, -0.2) is 0 Å². The Kier molecular flexibility index (Phi) is 4.56. The number of carbonyl (C=O) groups excluding carboxylic acids is 1. The zero-order valence-electron chi connectivity index (χ0n) is 8.66. The number of pyridine rings is 1. The Morgan fingerprint density at radius 3 is 3.00 bits per heavy atom. The molecular weight excluding hydrogens is 194 g/mol. The van der Waals surface area contributed by atoms with Crippen molar-refractivity contribution in [2.24, 2.45) is 0 Å². The fourth-order valence-corrected chi connectivity index (χ4v) is 1.11. The highest BCUT2D eigenvalue weighted by Gasteiger charge is 2.08. The third-order valence-electron chi connectivity index (χ3n) is 1.88. The maximum absolute atomic E-state index is 11.5. The highest BCUT2D eigenvalue weighted by atomic mass is 16.3. The molecule has 1 aromatic heterocycles. The van der Waals surface area contributed by atoms with Crippen LogP contribution in [0.3, 0.4) is 0 Å². The molecule has 0 saturated heterocycles. The number of rotatable bonds is 5. The molecule has 1 rings (SSSR count). The van der Waals surface area contributed by atoms with Gasteiger partial charge in [0.2, 0.25) is 0 Å². The van der Waals surface area contributed by atoms with Gasteiger partial charge in [-0.2, -0.15) is 0 Å². The maximum atomic E-state index is 11.5. The second kappa shape index (κ2) is 5.98. The third kappa shape index (κ3) is 3.55. The summed E-state index contributed by atoms with van der Waals surface area (Å²) in [6.45, 7) is 4.12. The topological polar surface area (TPSA) is 74.2 Å². The van der Waals surface area contributed by atoms with Crippen molar-refractivity contribution in [2.45, 2.75) is 6.92 Å². The second-order valence-corrected chi connectivity index (χ2v) is 3.00. The molecule has 5 nitrogen and oxygen atoms in total. The minimum absolute atomic E-state index is 0.0987. The normalized spacial score (nSPS) is 9.93. The van der Waals surface area contributed by atoms with Gasteiger partial charge in [-0.05, 0) is 12.6 Å². The quantitative estimate of drug-likeness (QED) is 0.602. The second-order valence-electron chi connectivity index (χ2n) is 3.00. The first-order chi connectivity index (χ1) is 7.25. The molecule has 0 aliphatic heterocycles. The number of hydrogen-bond acceptors (Lipinski definition) is 4. The van der Waals surface area contributed by atoms with Crippen molar-refractivity contribution in [1.29, 1.82) is 0 Å². The number of aromatic nitrogens is 1. The molecule has 0 bridgehead atoms. The summed E-state index contributed by atoms with van der Waals surface area (Å²) in [6, 6.07) is 1.48. The van der Waals surface area contributed by atoms with Gasteiger partial charge < -0.3 is 15.7 Å². The van der Waals surface area contributed by atoms with E-state index in [1.165, 1.54) is 18.5 Å². The number of carbonyl (C=O) groups is 1. The first-order valence-corrected chi connectivity index (χ1v) is 4.87. The van der Waals surface area contributed by atoms with E-state index in [1.807, 2.05) is 6.92 Å². The fraction of sp³-hybridized carbons (Fsp3) is 0.400. The average Bonchev–Trinajstić information content (AvgIpc) is 2.25. The maximum Gasteiger partial charge on any atom is 0.255 e. The first-order valence-electron chi connectivity index (χ1n) is 4.87. The van der Waals surface area contributed by atoms with Crippen molar-refractivity contribution >= 4 is 5.91 Å². The van der Waals surface area contributed by atoms with E-state index in [0.29, 0.717) is 13.1 Å². The van der Waals surface area contributed by atoms with E-state index in [1.54, 1.807) is 0 Å². The Bertz CT molecular complexity index is 328. The number of nitrogens with one attached hydrogen (secondary N) is 2. The average molecular weight is 209 g/mol. The van der Waals surface area contributed by atoms with Gasteiger partial charge in [-0.1, -0.05) is 6.92 Å². The molecule has 82 valence electrons. The summed E-state index contributed by atoms with van der Waals surface area (Å²) in [4.78, 5) is 15.2. The molecule has 0 spiro atoms. The van der Waals surface area contributed by atoms with Gasteiger partial charge >= 0.3 is 0 Å². The van der Waals surface area contributed by atoms with Gasteiger partial charge in [0.1, 0.15) is 5.75 Å². The van der Waals surface area contributed by atoms with Gasteiger partial charge in [0.05, 0.1) is 11.8 Å². The van der Waals surface area contributed by atoms with Crippen molar-refractivity contribution in [1.82, 2.24) is 15.6 Å². The molecule has 0 fully saturated rings. The van der Waals surface area contributed by atoms with E-state index in [0.717, 1.165) is 6.54 Å². The lowest BCUT2D eigenvalue weighted by Gasteiger charge is -2.06. The van der Waals surface area contributed by atoms with E-state index in [2.05, 4.69) is 15.6 Å². The molecule has 0 unspecified atom stereocenters. The van der Waals surface area contributed by atoms with Crippen LogP contribution >= 0.6 is 0 Å². The monoisotopic (exact) mass is 209 g/mol. The first kappa shape index (κ1) is 11.5. The Hall–Kier alpha value is -1.62. The predicted octanol–water partition coefficient (Wildman–Crippen LogP) is 0.126. The summed E-state index contributed by atoms with van der Waals surface area (Å²) in [7, 11) is 0. The Balaban J connectivity index is 2.44. The SMILES string of the molecule is CCNCCNC(=O)c1ccncc1O. The van der Waals surface area contributed by atoms with Crippen LogP contribution in [0.4, 0.5) is 0 Å². The Labute approximate surface area is 88.5 Å². The predicted molar refractivity (Wildman–Crippen MR) is 56.8 cm³/mol. The number of amides is 1. The van der Waals surface area contributed by atoms with Crippen LogP contribution in [0.15, 0.2) is 18.5 Å². The lowest BCUT2D eigenvalue weighted by Crippen LogP contribution is -2.31. The minimum Gasteiger partial charge on any atom is -0.505 e. The summed E-state index contributed by atoms with van der Waals surface area (Å²) in [6.07, 6.45) is 2.72. The van der Waals surface area contributed by atoms with E-state index in [9.17, 15) is 9.90 Å². The molecule has 0 aliphatic rings. The van der Waals surface area contributed by atoms with Crippen molar-refractivity contribution in [3.63, 3.8) is 0 Å². The zero-order chi connectivity index (χ0) is 11.1. The van der Waals surface area contributed by atoms with E-state index < -0.39 is 0 Å². The summed E-state index contributed by atoms with van der Waals surface area (Å²) in [5.41, 5.74) is 0.251. The summed E-state index contributed by atoms with van der Waals surface area (Å²) in [5.74, 6) is -0.383. The molecule has 0 aromatic carbocycles. The summed E-state index contributed by atoms with van der Waals surface area (Å²) in [5, 5.41) is 15.1. The Morgan fingerprint density at radius 1 is 1.53 bits per heavy atom. The minimum atomic E-state index is -0.284. The molecule has 1 amide bonds.